The highest BCUT2D eigenvalue weighted by Crippen LogP contribution is 2.38. The third-order valence-electron chi connectivity index (χ3n) is 6.99. The van der Waals surface area contributed by atoms with Gasteiger partial charge >= 0.3 is 6.03 Å². The first-order valence-electron chi connectivity index (χ1n) is 11.4. The maximum atomic E-state index is 13.7. The molecule has 31 heavy (non-hydrogen) atoms. The van der Waals surface area contributed by atoms with Crippen LogP contribution in [0.1, 0.15) is 44.2 Å². The quantitative estimate of drug-likeness (QED) is 0.641. The number of carbonyl (C=O) groups is 2. The van der Waals surface area contributed by atoms with Gasteiger partial charge < -0.3 is 9.80 Å². The number of aromatic nitrogens is 1. The van der Waals surface area contributed by atoms with E-state index in [-0.39, 0.29) is 18.5 Å². The molecular weight excluding hydrogens is 388 g/mol. The van der Waals surface area contributed by atoms with Crippen molar-refractivity contribution < 1.29 is 9.59 Å². The highest BCUT2D eigenvalue weighted by Gasteiger charge is 2.57. The van der Waals surface area contributed by atoms with Crippen LogP contribution in [0.4, 0.5) is 4.79 Å². The maximum Gasteiger partial charge on any atom is 0.328 e. The van der Waals surface area contributed by atoms with Gasteiger partial charge in [0.1, 0.15) is 5.54 Å². The number of benzene rings is 1. The Balaban J connectivity index is 1.57. The van der Waals surface area contributed by atoms with E-state index in [0.717, 1.165) is 31.5 Å². The Hall–Kier alpha value is -2.73. The Morgan fingerprint density at radius 2 is 1.74 bits per heavy atom. The highest BCUT2D eigenvalue weighted by atomic mass is 16.2. The van der Waals surface area contributed by atoms with Crippen LogP contribution in [0.2, 0.25) is 0 Å². The van der Waals surface area contributed by atoms with Gasteiger partial charge in [-0.05, 0) is 49.8 Å². The van der Waals surface area contributed by atoms with E-state index in [9.17, 15) is 9.59 Å². The normalized spacial score (nSPS) is 19.9. The summed E-state index contributed by atoms with van der Waals surface area (Å²) in [5, 5.41) is 0. The van der Waals surface area contributed by atoms with E-state index in [1.165, 1.54) is 10.5 Å². The zero-order chi connectivity index (χ0) is 21.8. The summed E-state index contributed by atoms with van der Waals surface area (Å²) in [5.74, 6) is -0.0433. The minimum absolute atomic E-state index is 0.0433. The third-order valence-corrected chi connectivity index (χ3v) is 6.99. The van der Waals surface area contributed by atoms with Crippen molar-refractivity contribution in [3.8, 4) is 0 Å². The third kappa shape index (κ3) is 4.22. The molecule has 2 saturated heterocycles. The lowest BCUT2D eigenvalue weighted by atomic mass is 9.85. The monoisotopic (exact) mass is 420 g/mol. The van der Waals surface area contributed by atoms with Crippen LogP contribution in [0.25, 0.3) is 0 Å². The molecule has 6 heteroatoms. The number of carbonyl (C=O) groups excluding carboxylic acids is 2. The maximum absolute atomic E-state index is 13.7. The molecule has 1 aromatic heterocycles. The molecule has 0 N–H and O–H groups in total. The molecule has 3 heterocycles. The number of likely N-dealkylation sites (tertiary alicyclic amines) is 1. The average molecular weight is 421 g/mol. The lowest BCUT2D eigenvalue weighted by Gasteiger charge is -2.44. The van der Waals surface area contributed by atoms with E-state index >= 15 is 0 Å². The first-order valence-corrected chi connectivity index (χ1v) is 11.4. The topological polar surface area (TPSA) is 56.8 Å². The molecule has 4 rings (SSSR count). The van der Waals surface area contributed by atoms with E-state index in [1.807, 2.05) is 35.2 Å². The minimum Gasteiger partial charge on any atom is -0.309 e. The van der Waals surface area contributed by atoms with Crippen molar-refractivity contribution in [2.75, 3.05) is 19.6 Å². The summed E-state index contributed by atoms with van der Waals surface area (Å²) < 4.78 is 0. The van der Waals surface area contributed by atoms with Gasteiger partial charge in [0, 0.05) is 38.1 Å². The van der Waals surface area contributed by atoms with Gasteiger partial charge in [0.25, 0.3) is 5.91 Å². The van der Waals surface area contributed by atoms with Gasteiger partial charge in [-0.25, -0.2) is 4.79 Å². The van der Waals surface area contributed by atoms with Gasteiger partial charge in [0.2, 0.25) is 0 Å². The molecule has 0 bridgehead atoms. The number of amides is 3. The Morgan fingerprint density at radius 1 is 1.03 bits per heavy atom. The number of nitrogens with zero attached hydrogens (tertiary/aromatic N) is 4. The molecule has 1 spiro atoms. The summed E-state index contributed by atoms with van der Waals surface area (Å²) in [6, 6.07) is 14.3. The van der Waals surface area contributed by atoms with Gasteiger partial charge in [-0.3, -0.25) is 14.7 Å². The minimum atomic E-state index is -0.724. The van der Waals surface area contributed by atoms with Crippen LogP contribution in [-0.2, 0) is 17.8 Å². The van der Waals surface area contributed by atoms with E-state index in [1.54, 1.807) is 12.4 Å². The van der Waals surface area contributed by atoms with E-state index in [4.69, 9.17) is 0 Å². The smallest absolute Gasteiger partial charge is 0.309 e. The van der Waals surface area contributed by atoms with Crippen molar-refractivity contribution in [2.45, 2.75) is 57.7 Å². The summed E-state index contributed by atoms with van der Waals surface area (Å²) in [6.45, 7) is 6.96. The van der Waals surface area contributed by atoms with Crippen LogP contribution >= 0.6 is 0 Å². The SMILES string of the molecule is CC[C@H](C)N1CCC2(CC1)C(=O)N(Cc1cccnc1)C(=O)N2CCc1ccccc1. The Labute approximate surface area is 184 Å². The second-order valence-corrected chi connectivity index (χ2v) is 8.75. The van der Waals surface area contributed by atoms with Gasteiger partial charge in [-0.2, -0.15) is 0 Å². The van der Waals surface area contributed by atoms with Crippen LogP contribution in [-0.4, -0.2) is 62.8 Å². The fourth-order valence-corrected chi connectivity index (χ4v) is 4.87. The standard InChI is InChI=1S/C25H32N4O2/c1-3-20(2)27-16-12-25(13-17-27)23(30)28(19-22-10-7-14-26-18-22)24(31)29(25)15-11-21-8-5-4-6-9-21/h4-10,14,18,20H,3,11-13,15-17,19H2,1-2H3/t20-/m0/s1. The Bertz CT molecular complexity index is 894. The van der Waals surface area contributed by atoms with Gasteiger partial charge in [-0.15, -0.1) is 0 Å². The summed E-state index contributed by atoms with van der Waals surface area (Å²) in [7, 11) is 0. The second kappa shape index (κ2) is 9.18. The number of hydrogen-bond donors (Lipinski definition) is 0. The van der Waals surface area contributed by atoms with E-state index < -0.39 is 5.54 Å². The van der Waals surface area contributed by atoms with Crippen LogP contribution in [0.3, 0.4) is 0 Å². The van der Waals surface area contributed by atoms with Crippen LogP contribution in [0.5, 0.6) is 0 Å². The number of hydrogen-bond acceptors (Lipinski definition) is 4. The molecule has 0 unspecified atom stereocenters. The molecule has 0 saturated carbocycles. The molecule has 0 aliphatic carbocycles. The predicted molar refractivity (Wildman–Crippen MR) is 120 cm³/mol. The summed E-state index contributed by atoms with van der Waals surface area (Å²) in [5.41, 5.74) is 1.33. The zero-order valence-corrected chi connectivity index (χ0v) is 18.5. The van der Waals surface area contributed by atoms with Crippen LogP contribution < -0.4 is 0 Å². The number of pyridine rings is 1. The molecule has 2 aliphatic rings. The number of imide groups is 1. The highest BCUT2D eigenvalue weighted by molar-refractivity contribution is 6.07. The molecule has 2 fully saturated rings. The second-order valence-electron chi connectivity index (χ2n) is 8.75. The Morgan fingerprint density at radius 3 is 2.39 bits per heavy atom. The van der Waals surface area contributed by atoms with Gasteiger partial charge in [-0.1, -0.05) is 43.3 Å². The lowest BCUT2D eigenvalue weighted by molar-refractivity contribution is -0.136. The molecule has 164 valence electrons. The molecule has 2 aliphatic heterocycles. The molecule has 1 aromatic carbocycles. The first-order chi connectivity index (χ1) is 15.0. The Kier molecular flexibility index (Phi) is 6.37. The van der Waals surface area contributed by atoms with Crippen molar-refractivity contribution >= 4 is 11.9 Å². The van der Waals surface area contributed by atoms with Crippen molar-refractivity contribution in [3.63, 3.8) is 0 Å². The largest absolute Gasteiger partial charge is 0.328 e. The average Bonchev–Trinajstić information content (AvgIpc) is 3.00. The molecule has 2 aromatic rings. The summed E-state index contributed by atoms with van der Waals surface area (Å²) >= 11 is 0. The zero-order valence-electron chi connectivity index (χ0n) is 18.5. The fraction of sp³-hybridized carbons (Fsp3) is 0.480. The number of urea groups is 1. The molecule has 1 atom stereocenters. The van der Waals surface area contributed by atoms with Crippen molar-refractivity contribution in [3.05, 3.63) is 66.0 Å². The number of piperidine rings is 1. The van der Waals surface area contributed by atoms with Crippen LogP contribution in [0, 0.1) is 0 Å². The number of rotatable bonds is 7. The molecular formula is C25H32N4O2. The summed E-state index contributed by atoms with van der Waals surface area (Å²) in [6.07, 6.45) is 6.66. The van der Waals surface area contributed by atoms with Crippen LogP contribution in [0.15, 0.2) is 54.9 Å². The van der Waals surface area contributed by atoms with E-state index in [2.05, 4.69) is 35.9 Å². The first kappa shape index (κ1) is 21.5. The van der Waals surface area contributed by atoms with Crippen molar-refractivity contribution in [1.82, 2.24) is 19.7 Å². The molecule has 0 radical (unpaired) electrons. The predicted octanol–water partition coefficient (Wildman–Crippen LogP) is 3.72. The van der Waals surface area contributed by atoms with Crippen molar-refractivity contribution in [1.29, 1.82) is 0 Å². The molecule has 3 amide bonds. The van der Waals surface area contributed by atoms with Gasteiger partial charge in [0.15, 0.2) is 0 Å². The lowest BCUT2D eigenvalue weighted by Crippen LogP contribution is -2.58. The van der Waals surface area contributed by atoms with Gasteiger partial charge in [0.05, 0.1) is 6.54 Å². The fourth-order valence-electron chi connectivity index (χ4n) is 4.87. The van der Waals surface area contributed by atoms with Crippen molar-refractivity contribution in [2.24, 2.45) is 0 Å². The summed E-state index contributed by atoms with van der Waals surface area (Å²) in [4.78, 5) is 37.1. The van der Waals surface area contributed by atoms with E-state index in [0.29, 0.717) is 25.4 Å². The molecule has 6 nitrogen and oxygen atoms in total.